The van der Waals surface area contributed by atoms with Crippen molar-refractivity contribution in [3.63, 3.8) is 0 Å². The minimum Gasteiger partial charge on any atom is -0.310 e. The van der Waals surface area contributed by atoms with Gasteiger partial charge in [0, 0.05) is 34.1 Å². The van der Waals surface area contributed by atoms with Crippen LogP contribution < -0.4 is 9.80 Å². The van der Waals surface area contributed by atoms with E-state index < -0.39 is 0 Å². The van der Waals surface area contributed by atoms with E-state index in [2.05, 4.69) is 240 Å². The fourth-order valence-electron chi connectivity index (χ4n) is 7.82. The quantitative estimate of drug-likeness (QED) is 0.145. The highest BCUT2D eigenvalue weighted by atomic mass is 15.1. The van der Waals surface area contributed by atoms with Crippen LogP contribution in [0.1, 0.15) is 11.1 Å². The number of fused-ring (bicyclic) bond motifs is 4. The lowest BCUT2D eigenvalue weighted by Gasteiger charge is -2.26. The fourth-order valence-corrected chi connectivity index (χ4v) is 7.82. The van der Waals surface area contributed by atoms with Gasteiger partial charge in [0.05, 0.1) is 0 Å². The number of hydrogen-bond acceptors (Lipinski definition) is 2. The molecule has 0 atom stereocenters. The number of anilines is 6. The average Bonchev–Trinajstić information content (AvgIpc) is 3.26. The van der Waals surface area contributed by atoms with Crippen molar-refractivity contribution in [1.29, 1.82) is 0 Å². The molecular formula is C54H38N2. The molecule has 56 heavy (non-hydrogen) atoms. The van der Waals surface area contributed by atoms with Gasteiger partial charge in [0.15, 0.2) is 0 Å². The van der Waals surface area contributed by atoms with Crippen LogP contribution in [0.4, 0.5) is 34.1 Å². The summed E-state index contributed by atoms with van der Waals surface area (Å²) in [5.41, 5.74) is 9.02. The molecule has 0 N–H and O–H groups in total. The maximum absolute atomic E-state index is 2.35. The molecule has 0 saturated heterocycles. The highest BCUT2D eigenvalue weighted by Gasteiger charge is 2.15. The van der Waals surface area contributed by atoms with E-state index in [1.54, 1.807) is 0 Å². The summed E-state index contributed by atoms with van der Waals surface area (Å²) in [5.74, 6) is 0. The maximum Gasteiger partial charge on any atom is 0.0468 e. The van der Waals surface area contributed by atoms with Gasteiger partial charge in [-0.2, -0.15) is 0 Å². The van der Waals surface area contributed by atoms with Crippen LogP contribution >= 0.6 is 0 Å². The van der Waals surface area contributed by atoms with Crippen LogP contribution in [-0.2, 0) is 0 Å². The van der Waals surface area contributed by atoms with Crippen molar-refractivity contribution in [2.75, 3.05) is 9.80 Å². The van der Waals surface area contributed by atoms with Crippen molar-refractivity contribution in [1.82, 2.24) is 0 Å². The van der Waals surface area contributed by atoms with Gasteiger partial charge >= 0.3 is 0 Å². The minimum absolute atomic E-state index is 1.11. The predicted molar refractivity (Wildman–Crippen MR) is 241 cm³/mol. The minimum atomic E-state index is 1.11. The highest BCUT2D eigenvalue weighted by Crippen LogP contribution is 2.39. The average molecular weight is 715 g/mol. The molecule has 10 rings (SSSR count). The SMILES string of the molecule is C(=C\c1ccc(N(c2ccc3ccccc3c2)c2ccc3ccccc3c2)cc1)/c1ccc(N(c2ccc3ccccc3c2)c2ccc3ccccc3c2)cc1. The van der Waals surface area contributed by atoms with Crippen molar-refractivity contribution < 1.29 is 0 Å². The number of nitrogens with zero attached hydrogens (tertiary/aromatic N) is 2. The molecule has 0 bridgehead atoms. The standard InChI is InChI=1S/C54H38N2/c1-5-13-45-35-51(31-23-41(45)9-1)55(52-32-24-42-10-2-6-14-46(42)36-52)49-27-19-39(20-28-49)17-18-40-21-29-50(30-22-40)56(53-33-25-43-11-3-7-15-47(43)37-53)54-34-26-44-12-4-8-16-48(44)38-54/h1-38H/b18-17+. The summed E-state index contributed by atoms with van der Waals surface area (Å²) in [6.07, 6.45) is 4.39. The molecule has 264 valence electrons. The molecule has 10 aromatic rings. The Morgan fingerprint density at radius 2 is 0.446 bits per heavy atom. The van der Waals surface area contributed by atoms with Gasteiger partial charge in [0.25, 0.3) is 0 Å². The molecule has 0 saturated carbocycles. The summed E-state index contributed by atoms with van der Waals surface area (Å²) in [5, 5.41) is 9.82. The lowest BCUT2D eigenvalue weighted by molar-refractivity contribution is 1.29. The van der Waals surface area contributed by atoms with E-state index in [1.807, 2.05) is 0 Å². The largest absolute Gasteiger partial charge is 0.310 e. The first-order chi connectivity index (χ1) is 27.7. The first-order valence-corrected chi connectivity index (χ1v) is 19.2. The summed E-state index contributed by atoms with van der Waals surface area (Å²) in [6, 6.07) is 78.7. The Labute approximate surface area is 327 Å². The fraction of sp³-hybridized carbons (Fsp3) is 0. The molecular weight excluding hydrogens is 677 g/mol. The van der Waals surface area contributed by atoms with Crippen molar-refractivity contribution >= 4 is 89.4 Å². The van der Waals surface area contributed by atoms with Crippen LogP contribution in [0.2, 0.25) is 0 Å². The van der Waals surface area contributed by atoms with Gasteiger partial charge in [-0.05, 0) is 127 Å². The van der Waals surface area contributed by atoms with Crippen LogP contribution in [0, 0.1) is 0 Å². The van der Waals surface area contributed by atoms with Gasteiger partial charge in [0.2, 0.25) is 0 Å². The number of rotatable bonds is 8. The van der Waals surface area contributed by atoms with Crippen LogP contribution in [0.5, 0.6) is 0 Å². The summed E-state index contributed by atoms with van der Waals surface area (Å²) in [7, 11) is 0. The highest BCUT2D eigenvalue weighted by molar-refractivity contribution is 5.94. The van der Waals surface area contributed by atoms with Crippen molar-refractivity contribution in [3.8, 4) is 0 Å². The molecule has 0 unspecified atom stereocenters. The molecule has 0 spiro atoms. The van der Waals surface area contributed by atoms with Crippen molar-refractivity contribution in [2.24, 2.45) is 0 Å². The second-order valence-corrected chi connectivity index (χ2v) is 14.3. The zero-order valence-corrected chi connectivity index (χ0v) is 30.8. The molecule has 0 aliphatic carbocycles. The third-order valence-electron chi connectivity index (χ3n) is 10.7. The first-order valence-electron chi connectivity index (χ1n) is 19.2. The summed E-state index contributed by atoms with van der Waals surface area (Å²) < 4.78 is 0. The zero-order chi connectivity index (χ0) is 37.3. The van der Waals surface area contributed by atoms with Crippen LogP contribution in [0.15, 0.2) is 218 Å². The second-order valence-electron chi connectivity index (χ2n) is 14.3. The van der Waals surface area contributed by atoms with E-state index >= 15 is 0 Å². The molecule has 10 aromatic carbocycles. The van der Waals surface area contributed by atoms with Crippen molar-refractivity contribution in [3.05, 3.63) is 230 Å². The Morgan fingerprint density at radius 3 is 0.714 bits per heavy atom. The summed E-state index contributed by atoms with van der Waals surface area (Å²) in [6.45, 7) is 0. The molecule has 0 heterocycles. The van der Waals surface area contributed by atoms with E-state index in [9.17, 15) is 0 Å². The lowest BCUT2D eigenvalue weighted by atomic mass is 10.1. The Hall–Kier alpha value is -7.42. The van der Waals surface area contributed by atoms with Gasteiger partial charge in [-0.3, -0.25) is 0 Å². The summed E-state index contributed by atoms with van der Waals surface area (Å²) >= 11 is 0. The number of benzene rings is 10. The molecule has 0 radical (unpaired) electrons. The van der Waals surface area contributed by atoms with Crippen LogP contribution in [-0.4, -0.2) is 0 Å². The molecule has 0 fully saturated rings. The van der Waals surface area contributed by atoms with E-state index in [1.165, 1.54) is 43.1 Å². The Balaban J connectivity index is 0.953. The molecule has 2 nitrogen and oxygen atoms in total. The third-order valence-corrected chi connectivity index (χ3v) is 10.7. The van der Waals surface area contributed by atoms with Gasteiger partial charge in [-0.25, -0.2) is 0 Å². The van der Waals surface area contributed by atoms with E-state index in [-0.39, 0.29) is 0 Å². The molecule has 0 amide bonds. The monoisotopic (exact) mass is 714 g/mol. The second kappa shape index (κ2) is 14.4. The van der Waals surface area contributed by atoms with Crippen LogP contribution in [0.3, 0.4) is 0 Å². The predicted octanol–water partition coefficient (Wildman–Crippen LogP) is 15.4. The Morgan fingerprint density at radius 1 is 0.214 bits per heavy atom. The van der Waals surface area contributed by atoms with Crippen molar-refractivity contribution in [2.45, 2.75) is 0 Å². The van der Waals surface area contributed by atoms with Crippen LogP contribution in [0.25, 0.3) is 55.2 Å². The molecule has 0 aliphatic heterocycles. The molecule has 0 aromatic heterocycles. The van der Waals surface area contributed by atoms with Gasteiger partial charge in [-0.15, -0.1) is 0 Å². The van der Waals surface area contributed by atoms with E-state index in [4.69, 9.17) is 0 Å². The number of hydrogen-bond donors (Lipinski definition) is 0. The smallest absolute Gasteiger partial charge is 0.0468 e. The first kappa shape index (κ1) is 33.2. The third kappa shape index (κ3) is 6.55. The Kier molecular flexibility index (Phi) is 8.55. The van der Waals surface area contributed by atoms with E-state index in [0.29, 0.717) is 0 Å². The zero-order valence-electron chi connectivity index (χ0n) is 30.8. The summed E-state index contributed by atoms with van der Waals surface area (Å²) in [4.78, 5) is 4.70. The molecule has 2 heteroatoms. The topological polar surface area (TPSA) is 6.48 Å². The normalized spacial score (nSPS) is 11.5. The molecule has 0 aliphatic rings. The van der Waals surface area contributed by atoms with E-state index in [0.717, 1.165) is 45.3 Å². The van der Waals surface area contributed by atoms with Gasteiger partial charge in [-0.1, -0.05) is 158 Å². The Bertz CT molecular complexity index is 2670. The maximum atomic E-state index is 2.35. The lowest BCUT2D eigenvalue weighted by Crippen LogP contribution is -2.10. The van der Waals surface area contributed by atoms with Gasteiger partial charge in [0.1, 0.15) is 0 Å². The van der Waals surface area contributed by atoms with Gasteiger partial charge < -0.3 is 9.80 Å².